The van der Waals surface area contributed by atoms with Crippen LogP contribution >= 0.6 is 0 Å². The van der Waals surface area contributed by atoms with Gasteiger partial charge < -0.3 is 13.9 Å². The number of hydrogen-bond donors (Lipinski definition) is 0. The van der Waals surface area contributed by atoms with E-state index in [9.17, 15) is 26.3 Å². The van der Waals surface area contributed by atoms with E-state index in [0.29, 0.717) is 12.8 Å². The first kappa shape index (κ1) is 25.7. The number of ether oxygens (including phenoxy) is 2. The molecule has 0 heterocycles. The first-order valence-corrected chi connectivity index (χ1v) is 13.0. The molecule has 3 unspecified atom stereocenters. The zero-order valence-corrected chi connectivity index (χ0v) is 18.2. The molecule has 0 aliphatic heterocycles. The first-order chi connectivity index (χ1) is 12.7. The largest absolute Gasteiger partial charge is 0.426 e. The Labute approximate surface area is 164 Å². The van der Waals surface area contributed by atoms with Gasteiger partial charge in [-0.2, -0.15) is 26.3 Å². The Balaban J connectivity index is 0.000000568. The summed E-state index contributed by atoms with van der Waals surface area (Å²) >= 11 is 0. The van der Waals surface area contributed by atoms with Gasteiger partial charge in [0.2, 0.25) is 0 Å². The fourth-order valence-corrected chi connectivity index (χ4v) is 3.84. The summed E-state index contributed by atoms with van der Waals surface area (Å²) < 4.78 is 93.7. The summed E-state index contributed by atoms with van der Waals surface area (Å²) in [4.78, 5) is 0. The first-order valence-electron chi connectivity index (χ1n) is 9.57. The highest BCUT2D eigenvalue weighted by Crippen LogP contribution is 2.56. The van der Waals surface area contributed by atoms with Crippen LogP contribution in [0.2, 0.25) is 19.6 Å². The summed E-state index contributed by atoms with van der Waals surface area (Å²) in [6.45, 7) is 6.92. The van der Waals surface area contributed by atoms with Gasteiger partial charge in [0, 0.05) is 13.7 Å². The van der Waals surface area contributed by atoms with E-state index in [1.807, 2.05) is 0 Å². The van der Waals surface area contributed by atoms with E-state index in [1.165, 1.54) is 6.92 Å². The molecule has 0 aromatic carbocycles. The average Bonchev–Trinajstić information content (AvgIpc) is 3.14. The molecule has 2 saturated carbocycles. The van der Waals surface area contributed by atoms with E-state index in [1.54, 1.807) is 7.11 Å². The van der Waals surface area contributed by atoms with Crippen molar-refractivity contribution in [2.75, 3.05) is 20.5 Å². The molecular weight excluding hydrogens is 406 g/mol. The van der Waals surface area contributed by atoms with Crippen LogP contribution in [0, 0.1) is 17.8 Å². The second kappa shape index (κ2) is 9.66. The van der Waals surface area contributed by atoms with Crippen molar-refractivity contribution >= 4 is 8.32 Å². The molecule has 0 spiro atoms. The topological polar surface area (TPSA) is 27.7 Å². The van der Waals surface area contributed by atoms with E-state index >= 15 is 0 Å². The van der Waals surface area contributed by atoms with Crippen molar-refractivity contribution in [3.05, 3.63) is 0 Å². The van der Waals surface area contributed by atoms with Crippen molar-refractivity contribution in [2.24, 2.45) is 17.8 Å². The van der Waals surface area contributed by atoms with Gasteiger partial charge in [-0.1, -0.05) is 6.42 Å². The SMILES string of the molecule is CCOCOC(CC1CC2CCC1C2)(C(F)(F)F)C(F)(F)F.CO[Si](C)(C)C. The Kier molecular flexibility index (Phi) is 8.87. The van der Waals surface area contributed by atoms with Crippen molar-refractivity contribution in [3.63, 3.8) is 0 Å². The fraction of sp³-hybridized carbons (Fsp3) is 1.00. The summed E-state index contributed by atoms with van der Waals surface area (Å²) in [6.07, 6.45) is -9.32. The van der Waals surface area contributed by atoms with Crippen LogP contribution in [-0.4, -0.2) is 46.8 Å². The van der Waals surface area contributed by atoms with Gasteiger partial charge in [-0.05, 0) is 70.0 Å². The third kappa shape index (κ3) is 6.60. The molecule has 0 aromatic heterocycles. The molecule has 0 amide bonds. The van der Waals surface area contributed by atoms with Gasteiger partial charge >= 0.3 is 12.4 Å². The molecule has 3 nitrogen and oxygen atoms in total. The molecule has 2 rings (SSSR count). The highest BCUT2D eigenvalue weighted by molar-refractivity contribution is 6.69. The molecule has 2 aliphatic carbocycles. The Morgan fingerprint density at radius 1 is 0.929 bits per heavy atom. The van der Waals surface area contributed by atoms with Crippen LogP contribution in [0.3, 0.4) is 0 Å². The van der Waals surface area contributed by atoms with Gasteiger partial charge in [-0.15, -0.1) is 0 Å². The van der Waals surface area contributed by atoms with Gasteiger partial charge in [0.1, 0.15) is 6.79 Å². The van der Waals surface area contributed by atoms with Gasteiger partial charge in [-0.3, -0.25) is 0 Å². The number of fused-ring (bicyclic) bond motifs is 2. The predicted molar refractivity (Wildman–Crippen MR) is 96.3 cm³/mol. The van der Waals surface area contributed by atoms with E-state index in [2.05, 4.69) is 29.1 Å². The average molecular weight is 439 g/mol. The minimum absolute atomic E-state index is 0.0140. The van der Waals surface area contributed by atoms with Crippen LogP contribution in [0.5, 0.6) is 0 Å². The molecule has 2 bridgehead atoms. The van der Waals surface area contributed by atoms with Crippen LogP contribution in [0.4, 0.5) is 26.3 Å². The van der Waals surface area contributed by atoms with Crippen molar-refractivity contribution in [3.8, 4) is 0 Å². The summed E-state index contributed by atoms with van der Waals surface area (Å²) in [5.74, 6) is -0.380. The molecule has 2 fully saturated rings. The van der Waals surface area contributed by atoms with E-state index < -0.39 is 45.4 Å². The number of rotatable bonds is 7. The normalized spacial score (nSPS) is 25.6. The molecule has 168 valence electrons. The minimum atomic E-state index is -5.52. The summed E-state index contributed by atoms with van der Waals surface area (Å²) in [5.41, 5.74) is -4.13. The summed E-state index contributed by atoms with van der Waals surface area (Å²) in [5, 5.41) is 0. The molecule has 0 saturated heterocycles. The van der Waals surface area contributed by atoms with Gasteiger partial charge in [-0.25, -0.2) is 0 Å². The second-order valence-electron chi connectivity index (χ2n) is 8.53. The quantitative estimate of drug-likeness (QED) is 0.206. The maximum Gasteiger partial charge on any atom is 0.426 e. The molecule has 0 N–H and O–H groups in total. The van der Waals surface area contributed by atoms with Gasteiger partial charge in [0.05, 0.1) is 0 Å². The number of halogens is 6. The molecule has 10 heteroatoms. The van der Waals surface area contributed by atoms with E-state index in [-0.39, 0.29) is 18.4 Å². The highest BCUT2D eigenvalue weighted by atomic mass is 28.4. The van der Waals surface area contributed by atoms with Gasteiger partial charge in [0.25, 0.3) is 5.60 Å². The lowest BCUT2D eigenvalue weighted by Gasteiger charge is -2.40. The fourth-order valence-electron chi connectivity index (χ4n) is 3.84. The molecule has 3 atom stereocenters. The Bertz CT molecular complexity index is 461. The van der Waals surface area contributed by atoms with E-state index in [4.69, 9.17) is 4.43 Å². The monoisotopic (exact) mass is 438 g/mol. The zero-order chi connectivity index (χ0) is 21.8. The standard InChI is InChI=1S/C14H20F6O2.C4H12OSi/c1-2-21-8-22-12(13(15,16)17,14(18,19)20)7-11-6-9-3-4-10(11)5-9;1-5-6(2,3)4/h9-11H,2-8H2,1H3;1-4H3. The maximum absolute atomic E-state index is 13.3. The van der Waals surface area contributed by atoms with Gasteiger partial charge in [0.15, 0.2) is 8.32 Å². The van der Waals surface area contributed by atoms with Crippen LogP contribution in [0.25, 0.3) is 0 Å². The third-order valence-electron chi connectivity index (χ3n) is 5.56. The third-order valence-corrected chi connectivity index (χ3v) is 6.78. The Hall–Kier alpha value is -0.323. The zero-order valence-electron chi connectivity index (χ0n) is 17.2. The molecular formula is C18H32F6O3Si. The molecule has 28 heavy (non-hydrogen) atoms. The molecule has 0 aromatic rings. The lowest BCUT2D eigenvalue weighted by molar-refractivity contribution is -0.398. The number of hydrogen-bond acceptors (Lipinski definition) is 3. The Morgan fingerprint density at radius 2 is 1.46 bits per heavy atom. The summed E-state index contributed by atoms with van der Waals surface area (Å²) in [7, 11) is 0.639. The van der Waals surface area contributed by atoms with Crippen molar-refractivity contribution < 1.29 is 40.2 Å². The maximum atomic E-state index is 13.3. The van der Waals surface area contributed by atoms with Crippen LogP contribution in [-0.2, 0) is 13.9 Å². The predicted octanol–water partition coefficient (Wildman–Crippen LogP) is 6.15. The number of alkyl halides is 6. The molecule has 0 radical (unpaired) electrons. The smallest absolute Gasteiger partial charge is 0.421 e. The van der Waals surface area contributed by atoms with Crippen LogP contribution < -0.4 is 0 Å². The van der Waals surface area contributed by atoms with E-state index in [0.717, 1.165) is 12.8 Å². The second-order valence-corrected chi connectivity index (χ2v) is 13.2. The van der Waals surface area contributed by atoms with Crippen molar-refractivity contribution in [2.45, 2.75) is 76.6 Å². The molecule has 2 aliphatic rings. The van der Waals surface area contributed by atoms with Crippen LogP contribution in [0.15, 0.2) is 0 Å². The lowest BCUT2D eigenvalue weighted by Crippen LogP contribution is -2.60. The Morgan fingerprint density at radius 3 is 1.79 bits per heavy atom. The van der Waals surface area contributed by atoms with Crippen LogP contribution in [0.1, 0.15) is 39.0 Å². The highest BCUT2D eigenvalue weighted by Gasteiger charge is 2.73. The summed E-state index contributed by atoms with van der Waals surface area (Å²) in [6, 6.07) is 0. The van der Waals surface area contributed by atoms with Crippen molar-refractivity contribution in [1.82, 2.24) is 0 Å². The minimum Gasteiger partial charge on any atom is -0.421 e. The van der Waals surface area contributed by atoms with Crippen molar-refractivity contribution in [1.29, 1.82) is 0 Å². The lowest BCUT2D eigenvalue weighted by atomic mass is 9.79.